The highest BCUT2D eigenvalue weighted by atomic mass is 32.2. The Morgan fingerprint density at radius 2 is 2.00 bits per heavy atom. The molecule has 1 N–H and O–H groups in total. The second-order valence-electron chi connectivity index (χ2n) is 6.50. The van der Waals surface area contributed by atoms with E-state index in [0.29, 0.717) is 18.7 Å². The predicted molar refractivity (Wildman–Crippen MR) is 91.3 cm³/mol. The Balaban J connectivity index is 1.59. The molecule has 2 fully saturated rings. The molecule has 6 heteroatoms. The van der Waals surface area contributed by atoms with Gasteiger partial charge < -0.3 is 10.2 Å². The van der Waals surface area contributed by atoms with Gasteiger partial charge in [0.2, 0.25) is 5.91 Å². The van der Waals surface area contributed by atoms with Crippen molar-refractivity contribution in [1.29, 1.82) is 0 Å². The molecule has 3 rings (SSSR count). The molecule has 1 amide bonds. The first-order valence-corrected chi connectivity index (χ1v) is 10.0. The number of hydrogen-bond acceptors (Lipinski definition) is 4. The van der Waals surface area contributed by atoms with E-state index in [0.717, 1.165) is 37.1 Å². The first-order valence-electron chi connectivity index (χ1n) is 8.32. The summed E-state index contributed by atoms with van der Waals surface area (Å²) in [5, 5.41) is 3.09. The van der Waals surface area contributed by atoms with Gasteiger partial charge in [-0.05, 0) is 43.9 Å². The molecule has 126 valence electrons. The molecule has 0 saturated carbocycles. The van der Waals surface area contributed by atoms with E-state index in [1.165, 1.54) is 0 Å². The van der Waals surface area contributed by atoms with Gasteiger partial charge >= 0.3 is 0 Å². The summed E-state index contributed by atoms with van der Waals surface area (Å²) in [6.07, 6.45) is 3.10. The molecule has 5 nitrogen and oxygen atoms in total. The third-order valence-corrected chi connectivity index (χ3v) is 7.17. The molecule has 0 aliphatic carbocycles. The van der Waals surface area contributed by atoms with Crippen molar-refractivity contribution in [3.8, 4) is 0 Å². The van der Waals surface area contributed by atoms with Crippen LogP contribution in [0.1, 0.15) is 44.2 Å². The molecule has 0 unspecified atom stereocenters. The quantitative estimate of drug-likeness (QED) is 0.893. The van der Waals surface area contributed by atoms with E-state index in [2.05, 4.69) is 5.32 Å². The average molecular weight is 336 g/mol. The molecule has 23 heavy (non-hydrogen) atoms. The van der Waals surface area contributed by atoms with Crippen LogP contribution in [0.5, 0.6) is 0 Å². The number of sulfone groups is 1. The summed E-state index contributed by atoms with van der Waals surface area (Å²) in [7, 11) is -2.90. The number of carbonyl (C=O) groups is 1. The summed E-state index contributed by atoms with van der Waals surface area (Å²) in [5.41, 5.74) is 2.05. The van der Waals surface area contributed by atoms with Crippen LogP contribution >= 0.6 is 0 Å². The third-order valence-electron chi connectivity index (χ3n) is 4.89. The van der Waals surface area contributed by atoms with E-state index in [-0.39, 0.29) is 17.2 Å². The Labute approximate surface area is 138 Å². The molecule has 0 spiro atoms. The number of anilines is 1. The highest BCUT2D eigenvalue weighted by molar-refractivity contribution is 7.92. The first kappa shape index (κ1) is 16.5. The minimum absolute atomic E-state index is 0.0918. The maximum atomic E-state index is 11.9. The van der Waals surface area contributed by atoms with Crippen molar-refractivity contribution < 1.29 is 13.2 Å². The topological polar surface area (TPSA) is 66.5 Å². The van der Waals surface area contributed by atoms with Crippen LogP contribution in [-0.2, 0) is 14.6 Å². The predicted octanol–water partition coefficient (Wildman–Crippen LogP) is 2.04. The van der Waals surface area contributed by atoms with Crippen LogP contribution in [0.15, 0.2) is 24.3 Å². The lowest BCUT2D eigenvalue weighted by atomic mass is 10.1. The van der Waals surface area contributed by atoms with Gasteiger partial charge in [-0.3, -0.25) is 4.79 Å². The van der Waals surface area contributed by atoms with Crippen molar-refractivity contribution in [2.24, 2.45) is 0 Å². The zero-order valence-electron chi connectivity index (χ0n) is 13.5. The van der Waals surface area contributed by atoms with Crippen molar-refractivity contribution >= 4 is 21.4 Å². The summed E-state index contributed by atoms with van der Waals surface area (Å²) in [6.45, 7) is 3.35. The number of nitrogens with zero attached hydrogens (tertiary/aromatic N) is 1. The Kier molecular flexibility index (Phi) is 4.73. The highest BCUT2D eigenvalue weighted by Crippen LogP contribution is 2.24. The van der Waals surface area contributed by atoms with Crippen molar-refractivity contribution in [1.82, 2.24) is 5.32 Å². The van der Waals surface area contributed by atoms with Gasteiger partial charge in [-0.1, -0.05) is 12.1 Å². The molecule has 2 atom stereocenters. The number of hydrogen-bond donors (Lipinski definition) is 1. The van der Waals surface area contributed by atoms with Gasteiger partial charge in [-0.15, -0.1) is 0 Å². The van der Waals surface area contributed by atoms with Crippen LogP contribution in [0, 0.1) is 0 Å². The number of benzene rings is 1. The SMILES string of the molecule is C[C@@H](NC[C@H]1CCCS1(=O)=O)c1ccc(N2CCCC2=O)cc1. The fourth-order valence-corrected chi connectivity index (χ4v) is 5.16. The maximum Gasteiger partial charge on any atom is 0.227 e. The van der Waals surface area contributed by atoms with Crippen LogP contribution in [0.3, 0.4) is 0 Å². The first-order chi connectivity index (χ1) is 11.0. The minimum Gasteiger partial charge on any atom is -0.312 e. The maximum absolute atomic E-state index is 11.9. The van der Waals surface area contributed by atoms with Gasteiger partial charge in [0.05, 0.1) is 11.0 Å². The van der Waals surface area contributed by atoms with Gasteiger partial charge in [0.1, 0.15) is 0 Å². The fourth-order valence-electron chi connectivity index (χ4n) is 3.38. The number of amides is 1. The van der Waals surface area contributed by atoms with Crippen LogP contribution in [0.4, 0.5) is 5.69 Å². The third kappa shape index (κ3) is 3.58. The molecule has 0 radical (unpaired) electrons. The number of nitrogens with one attached hydrogen (secondary N) is 1. The summed E-state index contributed by atoms with van der Waals surface area (Å²) in [5.74, 6) is 0.516. The lowest BCUT2D eigenvalue weighted by molar-refractivity contribution is -0.117. The second kappa shape index (κ2) is 6.61. The van der Waals surface area contributed by atoms with Gasteiger partial charge in [0.25, 0.3) is 0 Å². The fraction of sp³-hybridized carbons (Fsp3) is 0.588. The van der Waals surface area contributed by atoms with Crippen LogP contribution in [-0.4, -0.2) is 38.4 Å². The van der Waals surface area contributed by atoms with E-state index in [1.807, 2.05) is 36.1 Å². The Morgan fingerprint density at radius 3 is 2.57 bits per heavy atom. The average Bonchev–Trinajstić information content (AvgIpc) is 3.10. The van der Waals surface area contributed by atoms with Crippen LogP contribution < -0.4 is 10.2 Å². The summed E-state index contributed by atoms with van der Waals surface area (Å²) in [4.78, 5) is 13.6. The molecule has 0 aromatic heterocycles. The molecule has 2 aliphatic rings. The Hall–Kier alpha value is -1.40. The van der Waals surface area contributed by atoms with Gasteiger partial charge in [0.15, 0.2) is 9.84 Å². The van der Waals surface area contributed by atoms with Crippen molar-refractivity contribution in [2.45, 2.75) is 43.9 Å². The van der Waals surface area contributed by atoms with Crippen molar-refractivity contribution in [3.63, 3.8) is 0 Å². The molecule has 1 aromatic rings. The van der Waals surface area contributed by atoms with Crippen molar-refractivity contribution in [2.75, 3.05) is 23.7 Å². The second-order valence-corrected chi connectivity index (χ2v) is 8.90. The lowest BCUT2D eigenvalue weighted by Gasteiger charge is -2.19. The molecule has 0 bridgehead atoms. The summed E-state index contributed by atoms with van der Waals surface area (Å²) in [6, 6.07) is 8.07. The lowest BCUT2D eigenvalue weighted by Crippen LogP contribution is -2.32. The van der Waals surface area contributed by atoms with Gasteiger partial charge in [-0.25, -0.2) is 8.42 Å². The molecular formula is C17H24N2O3S. The summed E-state index contributed by atoms with van der Waals surface area (Å²) >= 11 is 0. The van der Waals surface area contributed by atoms with Crippen LogP contribution in [0.2, 0.25) is 0 Å². The number of rotatable bonds is 5. The zero-order chi connectivity index (χ0) is 16.4. The smallest absolute Gasteiger partial charge is 0.227 e. The zero-order valence-corrected chi connectivity index (χ0v) is 14.3. The molecule has 2 saturated heterocycles. The van der Waals surface area contributed by atoms with E-state index in [1.54, 1.807) is 0 Å². The van der Waals surface area contributed by atoms with Gasteiger partial charge in [-0.2, -0.15) is 0 Å². The molecule has 1 aromatic carbocycles. The molecule has 2 heterocycles. The van der Waals surface area contributed by atoms with Crippen molar-refractivity contribution in [3.05, 3.63) is 29.8 Å². The van der Waals surface area contributed by atoms with E-state index < -0.39 is 9.84 Å². The van der Waals surface area contributed by atoms with Gasteiger partial charge in [0, 0.05) is 31.2 Å². The Morgan fingerprint density at radius 1 is 1.26 bits per heavy atom. The molecular weight excluding hydrogens is 312 g/mol. The normalized spacial score (nSPS) is 25.0. The van der Waals surface area contributed by atoms with E-state index in [9.17, 15) is 13.2 Å². The largest absolute Gasteiger partial charge is 0.312 e. The van der Waals surface area contributed by atoms with E-state index in [4.69, 9.17) is 0 Å². The summed E-state index contributed by atoms with van der Waals surface area (Å²) < 4.78 is 23.7. The number of carbonyl (C=O) groups excluding carboxylic acids is 1. The standard InChI is InChI=1S/C17H24N2O3S/c1-13(18-12-16-4-3-11-23(16,21)22)14-6-8-15(9-7-14)19-10-2-5-17(19)20/h6-9,13,16,18H,2-5,10-12H2,1H3/t13-,16-/m1/s1. The minimum atomic E-state index is -2.90. The van der Waals surface area contributed by atoms with E-state index >= 15 is 0 Å². The highest BCUT2D eigenvalue weighted by Gasteiger charge is 2.31. The Bertz CT molecular complexity index is 670. The molecule has 2 aliphatic heterocycles. The monoisotopic (exact) mass is 336 g/mol. The van der Waals surface area contributed by atoms with Crippen LogP contribution in [0.25, 0.3) is 0 Å².